The number of nitrogens with zero attached hydrogens (tertiary/aromatic N) is 1. The number of hydrogen-bond donors (Lipinski definition) is 1. The molecule has 1 aliphatic carbocycles. The van der Waals surface area contributed by atoms with Gasteiger partial charge in [-0.15, -0.1) is 0 Å². The normalized spacial score (nSPS) is 37.6. The summed E-state index contributed by atoms with van der Waals surface area (Å²) in [6.07, 6.45) is 8.31. The molecule has 0 aromatic heterocycles. The van der Waals surface area contributed by atoms with Gasteiger partial charge >= 0.3 is 0 Å². The molecule has 2 aliphatic rings. The Morgan fingerprint density at radius 1 is 1.37 bits per heavy atom. The standard InChI is InChI=1S/C14H28N2O2S/c1-12-5-6-14(8-12,11-15)9-13-4-3-7-16(10-13)19(2,17)18/h12-13H,3-11,15H2,1-2H3. The quantitative estimate of drug-likeness (QED) is 0.858. The molecule has 1 heterocycles. The summed E-state index contributed by atoms with van der Waals surface area (Å²) in [5.74, 6) is 1.27. The van der Waals surface area contributed by atoms with Crippen molar-refractivity contribution >= 4 is 10.0 Å². The van der Waals surface area contributed by atoms with Gasteiger partial charge in [0.2, 0.25) is 10.0 Å². The van der Waals surface area contributed by atoms with E-state index >= 15 is 0 Å². The molecule has 1 saturated carbocycles. The highest BCUT2D eigenvalue weighted by molar-refractivity contribution is 7.88. The Labute approximate surface area is 117 Å². The topological polar surface area (TPSA) is 63.4 Å². The van der Waals surface area contributed by atoms with E-state index in [4.69, 9.17) is 5.73 Å². The predicted molar refractivity (Wildman–Crippen MR) is 78.3 cm³/mol. The van der Waals surface area contributed by atoms with Crippen molar-refractivity contribution < 1.29 is 8.42 Å². The van der Waals surface area contributed by atoms with Crippen LogP contribution in [0.25, 0.3) is 0 Å². The van der Waals surface area contributed by atoms with Gasteiger partial charge in [0.1, 0.15) is 0 Å². The number of piperidine rings is 1. The Kier molecular flexibility index (Phi) is 4.58. The molecule has 3 atom stereocenters. The fraction of sp³-hybridized carbons (Fsp3) is 1.00. The SMILES string of the molecule is CC1CCC(CN)(CC2CCCN(S(C)(=O)=O)C2)C1. The van der Waals surface area contributed by atoms with Gasteiger partial charge in [-0.3, -0.25) is 0 Å². The molecule has 0 spiro atoms. The molecule has 0 amide bonds. The highest BCUT2D eigenvalue weighted by atomic mass is 32.2. The first-order valence-corrected chi connectivity index (χ1v) is 9.35. The average molecular weight is 288 g/mol. The van der Waals surface area contributed by atoms with Gasteiger partial charge in [0.05, 0.1) is 6.26 Å². The maximum atomic E-state index is 11.7. The Bertz CT molecular complexity index is 410. The molecule has 4 nitrogen and oxygen atoms in total. The van der Waals surface area contributed by atoms with E-state index in [-0.39, 0.29) is 5.41 Å². The molecule has 5 heteroatoms. The Morgan fingerprint density at radius 3 is 2.63 bits per heavy atom. The molecule has 2 N–H and O–H groups in total. The van der Waals surface area contributed by atoms with Crippen molar-refractivity contribution in [3.63, 3.8) is 0 Å². The minimum atomic E-state index is -3.03. The van der Waals surface area contributed by atoms with E-state index in [1.807, 2.05) is 0 Å². The van der Waals surface area contributed by atoms with Gasteiger partial charge in [-0.25, -0.2) is 12.7 Å². The molecule has 0 bridgehead atoms. The molecule has 19 heavy (non-hydrogen) atoms. The molecular formula is C14H28N2O2S. The largest absolute Gasteiger partial charge is 0.330 e. The van der Waals surface area contributed by atoms with E-state index in [0.29, 0.717) is 19.0 Å². The van der Waals surface area contributed by atoms with Crippen molar-refractivity contribution in [1.82, 2.24) is 4.31 Å². The highest BCUT2D eigenvalue weighted by Crippen LogP contribution is 2.46. The minimum Gasteiger partial charge on any atom is -0.330 e. The lowest BCUT2D eigenvalue weighted by molar-refractivity contribution is 0.168. The Balaban J connectivity index is 1.98. The summed E-state index contributed by atoms with van der Waals surface area (Å²) in [6.45, 7) is 4.46. The summed E-state index contributed by atoms with van der Waals surface area (Å²) in [4.78, 5) is 0. The zero-order valence-electron chi connectivity index (χ0n) is 12.3. The van der Waals surface area contributed by atoms with E-state index < -0.39 is 10.0 Å². The maximum absolute atomic E-state index is 11.7. The van der Waals surface area contributed by atoms with Crippen molar-refractivity contribution in [2.45, 2.75) is 45.4 Å². The van der Waals surface area contributed by atoms with E-state index in [1.54, 1.807) is 4.31 Å². The summed E-state index contributed by atoms with van der Waals surface area (Å²) < 4.78 is 25.0. The van der Waals surface area contributed by atoms with Crippen LogP contribution in [-0.4, -0.2) is 38.6 Å². The first kappa shape index (κ1) is 15.3. The summed E-state index contributed by atoms with van der Waals surface area (Å²) in [5, 5.41) is 0. The van der Waals surface area contributed by atoms with Crippen molar-refractivity contribution in [1.29, 1.82) is 0 Å². The zero-order valence-corrected chi connectivity index (χ0v) is 13.1. The third-order valence-electron chi connectivity index (χ3n) is 5.05. The van der Waals surface area contributed by atoms with Crippen LogP contribution in [0, 0.1) is 17.3 Å². The van der Waals surface area contributed by atoms with Crippen LogP contribution in [0.4, 0.5) is 0 Å². The van der Waals surface area contributed by atoms with Gasteiger partial charge in [0, 0.05) is 13.1 Å². The van der Waals surface area contributed by atoms with Crippen molar-refractivity contribution in [2.75, 3.05) is 25.9 Å². The highest BCUT2D eigenvalue weighted by Gasteiger charge is 2.39. The van der Waals surface area contributed by atoms with Crippen LogP contribution in [0.15, 0.2) is 0 Å². The first-order chi connectivity index (χ1) is 8.85. The van der Waals surface area contributed by atoms with Crippen LogP contribution in [0.5, 0.6) is 0 Å². The van der Waals surface area contributed by atoms with Crippen LogP contribution in [0.1, 0.15) is 45.4 Å². The van der Waals surface area contributed by atoms with Crippen LogP contribution >= 0.6 is 0 Å². The van der Waals surface area contributed by atoms with Gasteiger partial charge in [0.15, 0.2) is 0 Å². The van der Waals surface area contributed by atoms with Gasteiger partial charge in [0.25, 0.3) is 0 Å². The van der Waals surface area contributed by atoms with E-state index in [0.717, 1.165) is 31.7 Å². The van der Waals surface area contributed by atoms with Crippen LogP contribution < -0.4 is 5.73 Å². The molecule has 0 aromatic rings. The number of sulfonamides is 1. The monoisotopic (exact) mass is 288 g/mol. The molecule has 3 unspecified atom stereocenters. The summed E-state index contributed by atoms with van der Waals surface area (Å²) in [5.41, 5.74) is 6.32. The van der Waals surface area contributed by atoms with Gasteiger partial charge < -0.3 is 5.73 Å². The van der Waals surface area contributed by atoms with Gasteiger partial charge in [-0.2, -0.15) is 0 Å². The van der Waals surface area contributed by atoms with Gasteiger partial charge in [-0.1, -0.05) is 13.3 Å². The van der Waals surface area contributed by atoms with Gasteiger partial charge in [-0.05, 0) is 55.9 Å². The second-order valence-corrected chi connectivity index (χ2v) is 8.87. The van der Waals surface area contributed by atoms with Crippen molar-refractivity contribution in [3.05, 3.63) is 0 Å². The van der Waals surface area contributed by atoms with Crippen LogP contribution in [0.2, 0.25) is 0 Å². The summed E-state index contributed by atoms with van der Waals surface area (Å²) in [6, 6.07) is 0. The Hall–Kier alpha value is -0.130. The zero-order chi connectivity index (χ0) is 14.1. The lowest BCUT2D eigenvalue weighted by Crippen LogP contribution is -2.41. The van der Waals surface area contributed by atoms with E-state index in [2.05, 4.69) is 6.92 Å². The number of hydrogen-bond acceptors (Lipinski definition) is 3. The minimum absolute atomic E-state index is 0.282. The average Bonchev–Trinajstić information content (AvgIpc) is 2.71. The Morgan fingerprint density at radius 2 is 2.11 bits per heavy atom. The third kappa shape index (κ3) is 3.70. The molecule has 1 aliphatic heterocycles. The molecule has 112 valence electrons. The summed E-state index contributed by atoms with van der Waals surface area (Å²) in [7, 11) is -3.03. The smallest absolute Gasteiger partial charge is 0.211 e. The number of rotatable bonds is 4. The van der Waals surface area contributed by atoms with Crippen LogP contribution in [-0.2, 0) is 10.0 Å². The summed E-state index contributed by atoms with van der Waals surface area (Å²) >= 11 is 0. The predicted octanol–water partition coefficient (Wildman–Crippen LogP) is 1.81. The molecule has 2 rings (SSSR count). The van der Waals surface area contributed by atoms with E-state index in [9.17, 15) is 8.42 Å². The molecule has 2 fully saturated rings. The molecule has 1 saturated heterocycles. The fourth-order valence-corrected chi connectivity index (χ4v) is 5.00. The lowest BCUT2D eigenvalue weighted by atomic mass is 9.75. The first-order valence-electron chi connectivity index (χ1n) is 7.50. The second-order valence-electron chi connectivity index (χ2n) is 6.89. The third-order valence-corrected chi connectivity index (χ3v) is 6.32. The van der Waals surface area contributed by atoms with Crippen LogP contribution in [0.3, 0.4) is 0 Å². The van der Waals surface area contributed by atoms with Crippen molar-refractivity contribution in [3.8, 4) is 0 Å². The number of nitrogens with two attached hydrogens (primary N) is 1. The fourth-order valence-electron chi connectivity index (χ4n) is 4.06. The molecule has 0 aromatic carbocycles. The maximum Gasteiger partial charge on any atom is 0.211 e. The van der Waals surface area contributed by atoms with Crippen molar-refractivity contribution in [2.24, 2.45) is 23.0 Å². The lowest BCUT2D eigenvalue weighted by Gasteiger charge is -2.37. The molecular weight excluding hydrogens is 260 g/mol. The van der Waals surface area contributed by atoms with E-state index in [1.165, 1.54) is 25.5 Å². The molecule has 0 radical (unpaired) electrons. The second kappa shape index (κ2) is 5.70.